The molecule has 0 radical (unpaired) electrons. The summed E-state index contributed by atoms with van der Waals surface area (Å²) < 4.78 is 6.20. The minimum Gasteiger partial charge on any atom is -0.481 e. The summed E-state index contributed by atoms with van der Waals surface area (Å²) in [4.78, 5) is 55.8. The number of nitrogens with zero attached hydrogens (tertiary/aromatic N) is 1. The molecule has 7 aliphatic rings. The second kappa shape index (κ2) is 14.0. The van der Waals surface area contributed by atoms with Crippen LogP contribution < -0.4 is 0 Å². The molecule has 7 nitrogen and oxygen atoms in total. The predicted molar refractivity (Wildman–Crippen MR) is 220 cm³/mol. The van der Waals surface area contributed by atoms with Crippen LogP contribution in [0.25, 0.3) is 0 Å². The van der Waals surface area contributed by atoms with E-state index in [0.29, 0.717) is 47.7 Å². The molecule has 0 aromatic heterocycles. The largest absolute Gasteiger partial charge is 0.481 e. The van der Waals surface area contributed by atoms with E-state index in [-0.39, 0.29) is 56.9 Å². The van der Waals surface area contributed by atoms with Crippen LogP contribution in [-0.2, 0) is 23.9 Å². The Hall–Kier alpha value is -2.18. The number of esters is 1. The maximum Gasteiger partial charge on any atom is 0.309 e. The lowest BCUT2D eigenvalue weighted by Gasteiger charge is -2.73. The van der Waals surface area contributed by atoms with Gasteiger partial charge in [0.05, 0.1) is 11.8 Å². The van der Waals surface area contributed by atoms with Gasteiger partial charge in [-0.3, -0.25) is 19.2 Å². The van der Waals surface area contributed by atoms with Crippen molar-refractivity contribution in [2.75, 3.05) is 13.1 Å². The number of carboxylic acids is 1. The average Bonchev–Trinajstić information content (AvgIpc) is 3.53. The van der Waals surface area contributed by atoms with Crippen molar-refractivity contribution < 1.29 is 29.0 Å². The minimum absolute atomic E-state index is 0.0380. The zero-order chi connectivity index (χ0) is 41.0. The highest BCUT2D eigenvalue weighted by Gasteiger charge is 2.72. The third-order valence-electron chi connectivity index (χ3n) is 19.9. The van der Waals surface area contributed by atoms with E-state index in [9.17, 15) is 19.5 Å². The molecule has 1 heterocycles. The summed E-state index contributed by atoms with van der Waals surface area (Å²) in [6, 6.07) is 0. The van der Waals surface area contributed by atoms with Gasteiger partial charge < -0.3 is 14.7 Å². The third-order valence-corrected chi connectivity index (χ3v) is 19.9. The lowest BCUT2D eigenvalue weighted by molar-refractivity contribution is -0.249. The molecule has 56 heavy (non-hydrogen) atoms. The molecule has 314 valence electrons. The number of ketones is 1. The Labute approximate surface area is 339 Å². The van der Waals surface area contributed by atoms with Crippen LogP contribution in [0.2, 0.25) is 0 Å². The highest BCUT2D eigenvalue weighted by Crippen LogP contribution is 2.78. The molecule has 7 heteroatoms. The molecule has 1 aliphatic heterocycles. The van der Waals surface area contributed by atoms with E-state index >= 15 is 4.79 Å². The van der Waals surface area contributed by atoms with Gasteiger partial charge in [0.25, 0.3) is 0 Å². The molecule has 6 saturated carbocycles. The third kappa shape index (κ3) is 6.12. The van der Waals surface area contributed by atoms with Gasteiger partial charge >= 0.3 is 11.9 Å². The molecule has 0 aromatic rings. The van der Waals surface area contributed by atoms with Crippen LogP contribution in [0, 0.1) is 79.3 Å². The fraction of sp³-hybridized carbons (Fsp3) is 0.878. The molecule has 0 bridgehead atoms. The Bertz CT molecular complexity index is 1620. The number of likely N-dealkylation sites (tertiary alicyclic amines) is 1. The van der Waals surface area contributed by atoms with E-state index in [4.69, 9.17) is 4.74 Å². The molecule has 12 atom stereocenters. The second-order valence-electron chi connectivity index (χ2n) is 23.4. The molecule has 0 aromatic carbocycles. The van der Waals surface area contributed by atoms with Crippen LogP contribution in [0.15, 0.2) is 12.2 Å². The van der Waals surface area contributed by atoms with Crippen LogP contribution in [0.3, 0.4) is 0 Å². The molecular weight excluding hydrogens is 699 g/mol. The molecule has 1 amide bonds. The van der Waals surface area contributed by atoms with Crippen molar-refractivity contribution in [3.8, 4) is 0 Å². The first-order chi connectivity index (χ1) is 26.0. The van der Waals surface area contributed by atoms with Crippen molar-refractivity contribution in [3.05, 3.63) is 12.2 Å². The van der Waals surface area contributed by atoms with Crippen molar-refractivity contribution in [1.82, 2.24) is 4.90 Å². The molecule has 1 N–H and O–H groups in total. The number of carbonyl (C=O) groups excluding carboxylic acids is 3. The molecule has 7 fully saturated rings. The van der Waals surface area contributed by atoms with Gasteiger partial charge in [-0.25, -0.2) is 0 Å². The number of ether oxygens (including phenoxy) is 1. The lowest BCUT2D eigenvalue weighted by atomic mass is 9.32. The van der Waals surface area contributed by atoms with Crippen molar-refractivity contribution in [1.29, 1.82) is 0 Å². The summed E-state index contributed by atoms with van der Waals surface area (Å²) in [5, 5.41) is 9.65. The van der Waals surface area contributed by atoms with Crippen LogP contribution in [0.5, 0.6) is 0 Å². The van der Waals surface area contributed by atoms with E-state index in [1.165, 1.54) is 18.4 Å². The van der Waals surface area contributed by atoms with Crippen molar-refractivity contribution >= 4 is 23.6 Å². The first-order valence-electron chi connectivity index (χ1n) is 22.9. The summed E-state index contributed by atoms with van der Waals surface area (Å²) in [5.41, 5.74) is -0.170. The number of hydrogen-bond donors (Lipinski definition) is 1. The first kappa shape index (κ1) is 42.0. The van der Waals surface area contributed by atoms with E-state index < -0.39 is 17.4 Å². The highest BCUT2D eigenvalue weighted by molar-refractivity contribution is 5.87. The minimum atomic E-state index is -1.15. The molecule has 5 unspecified atom stereocenters. The highest BCUT2D eigenvalue weighted by atomic mass is 16.5. The summed E-state index contributed by atoms with van der Waals surface area (Å²) in [7, 11) is 0. The van der Waals surface area contributed by atoms with E-state index in [1.807, 2.05) is 0 Å². The number of allylic oxidation sites excluding steroid dienone is 1. The number of fused-ring (bicyclic) bond motifs is 7. The number of hydrogen-bond acceptors (Lipinski definition) is 5. The van der Waals surface area contributed by atoms with Crippen LogP contribution in [0.1, 0.15) is 172 Å². The zero-order valence-corrected chi connectivity index (χ0v) is 37.0. The van der Waals surface area contributed by atoms with Gasteiger partial charge in [-0.2, -0.15) is 0 Å². The van der Waals surface area contributed by atoms with Gasteiger partial charge in [-0.15, -0.1) is 0 Å². The lowest BCUT2D eigenvalue weighted by Crippen LogP contribution is -2.67. The normalized spacial score (nSPS) is 43.9. The van der Waals surface area contributed by atoms with Gasteiger partial charge in [0.15, 0.2) is 0 Å². The van der Waals surface area contributed by atoms with Crippen LogP contribution in [-0.4, -0.2) is 52.8 Å². The SMILES string of the molecule is C=C(C)C1CC[C@@]2(C(=O)C[C@@H]3C[C@H](C(=O)N4CCCCC4)C3(C)C)CC[C@]3(C)C(CCC4[C@@]5(C)CC[C@H](OC(=O)CC(C)(C)C(=O)O)C(C)(C)C5CC[C@]43C)C12. The molecule has 1 saturated heterocycles. The first-order valence-corrected chi connectivity index (χ1v) is 22.9. The van der Waals surface area contributed by atoms with Crippen LogP contribution in [0.4, 0.5) is 0 Å². The number of carboxylic acid groups (broad SMARTS) is 1. The average molecular weight is 776 g/mol. The zero-order valence-electron chi connectivity index (χ0n) is 37.0. The molecular formula is C49H77NO6. The quantitative estimate of drug-likeness (QED) is 0.185. The standard InChI is InChI=1S/C49H77NO6/c1-30(2)32-17-22-49(37(51)28-31-27-34(44(31,5)6)41(53)50-25-13-12-14-26-50)24-23-47(10)33(40(32)49)15-16-36-46(9)20-19-38(56-39(52)29-43(3,4)42(54)55)45(7,8)35(46)18-21-48(36,47)11/h31-36,38,40H,1,12-29H2,2-11H3,(H,54,55)/t31-,32?,33?,34+,35?,36?,38-,40?,46-,47+,48+,49-/m0/s1. The molecule has 6 aliphatic carbocycles. The van der Waals surface area contributed by atoms with Gasteiger partial charge in [0.1, 0.15) is 11.9 Å². The second-order valence-corrected chi connectivity index (χ2v) is 23.4. The van der Waals surface area contributed by atoms with Gasteiger partial charge in [0.2, 0.25) is 5.91 Å². The van der Waals surface area contributed by atoms with Crippen molar-refractivity contribution in [2.45, 2.75) is 178 Å². The maximum absolute atomic E-state index is 15.1. The fourth-order valence-electron chi connectivity index (χ4n) is 16.0. The van der Waals surface area contributed by atoms with Gasteiger partial charge in [0, 0.05) is 36.3 Å². The van der Waals surface area contributed by atoms with Gasteiger partial charge in [-0.1, -0.05) is 60.6 Å². The number of amides is 1. The summed E-state index contributed by atoms with van der Waals surface area (Å²) in [6.45, 7) is 28.7. The summed E-state index contributed by atoms with van der Waals surface area (Å²) in [6.07, 6.45) is 15.1. The van der Waals surface area contributed by atoms with Crippen molar-refractivity contribution in [2.24, 2.45) is 79.3 Å². The Morgan fingerprint density at radius 2 is 1.46 bits per heavy atom. The maximum atomic E-state index is 15.1. The number of Topliss-reactive ketones (excluding diaryl/α,β-unsaturated/α-hetero) is 1. The monoisotopic (exact) mass is 776 g/mol. The smallest absolute Gasteiger partial charge is 0.309 e. The Balaban J connectivity index is 1.10. The fourth-order valence-corrected chi connectivity index (χ4v) is 16.0. The van der Waals surface area contributed by atoms with E-state index in [0.717, 1.165) is 90.1 Å². The molecule has 0 spiro atoms. The van der Waals surface area contributed by atoms with Gasteiger partial charge in [-0.05, 0) is 168 Å². The number of piperidine rings is 1. The predicted octanol–water partition coefficient (Wildman–Crippen LogP) is 10.7. The Morgan fingerprint density at radius 3 is 2.09 bits per heavy atom. The summed E-state index contributed by atoms with van der Waals surface area (Å²) >= 11 is 0. The van der Waals surface area contributed by atoms with E-state index in [1.54, 1.807) is 13.8 Å². The van der Waals surface area contributed by atoms with Crippen LogP contribution >= 0.6 is 0 Å². The number of rotatable bonds is 9. The topological polar surface area (TPSA) is 101 Å². The van der Waals surface area contributed by atoms with E-state index in [2.05, 4.69) is 66.9 Å². The van der Waals surface area contributed by atoms with Crippen molar-refractivity contribution in [3.63, 3.8) is 0 Å². The Kier molecular flexibility index (Phi) is 10.5. The number of carbonyl (C=O) groups is 4. The molecule has 7 rings (SSSR count). The number of aliphatic carboxylic acids is 1. The Morgan fingerprint density at radius 1 is 0.786 bits per heavy atom. The summed E-state index contributed by atoms with van der Waals surface area (Å²) in [5.74, 6) is 1.92.